The van der Waals surface area contributed by atoms with Crippen LogP contribution in [0.3, 0.4) is 0 Å². The van der Waals surface area contributed by atoms with Crippen LogP contribution in [-0.4, -0.2) is 33.7 Å². The summed E-state index contributed by atoms with van der Waals surface area (Å²) in [6.07, 6.45) is 0. The van der Waals surface area contributed by atoms with Crippen LogP contribution in [0.2, 0.25) is 5.02 Å². The number of hydrogen-bond donors (Lipinski definition) is 2. The van der Waals surface area contributed by atoms with Crippen LogP contribution in [0.1, 0.15) is 6.92 Å². The maximum atomic E-state index is 11.0. The Morgan fingerprint density at radius 1 is 1.55 bits per heavy atom. The molecule has 1 rings (SSSR count). The molecule has 1 amide bonds. The average Bonchev–Trinajstić information content (AvgIpc) is 2.33. The zero-order valence-corrected chi connectivity index (χ0v) is 11.9. The van der Waals surface area contributed by atoms with E-state index in [2.05, 4.69) is 5.32 Å². The van der Waals surface area contributed by atoms with Gasteiger partial charge in [-0.15, -0.1) is 11.8 Å². The monoisotopic (exact) mass is 318 g/mol. The van der Waals surface area contributed by atoms with Crippen molar-refractivity contribution in [2.24, 2.45) is 0 Å². The molecule has 0 saturated heterocycles. The summed E-state index contributed by atoms with van der Waals surface area (Å²) in [7, 11) is 0. The molecular weight excluding hydrogens is 308 g/mol. The molecule has 0 aliphatic rings. The molecule has 0 aliphatic heterocycles. The molecule has 0 radical (unpaired) electrons. The van der Waals surface area contributed by atoms with E-state index in [9.17, 15) is 19.7 Å². The molecule has 0 fully saturated rings. The van der Waals surface area contributed by atoms with E-state index in [4.69, 9.17) is 16.7 Å². The van der Waals surface area contributed by atoms with E-state index in [0.717, 1.165) is 11.8 Å². The van der Waals surface area contributed by atoms with Crippen molar-refractivity contribution in [2.45, 2.75) is 17.9 Å². The Morgan fingerprint density at radius 3 is 2.70 bits per heavy atom. The van der Waals surface area contributed by atoms with Crippen molar-refractivity contribution in [2.75, 3.05) is 5.75 Å². The number of nitro benzene ring substituents is 1. The molecule has 2 N–H and O–H groups in total. The van der Waals surface area contributed by atoms with Gasteiger partial charge < -0.3 is 10.4 Å². The highest BCUT2D eigenvalue weighted by atomic mass is 35.5. The van der Waals surface area contributed by atoms with Crippen LogP contribution < -0.4 is 5.32 Å². The first-order valence-corrected chi connectivity index (χ1v) is 6.75. The highest BCUT2D eigenvalue weighted by molar-refractivity contribution is 7.99. The van der Waals surface area contributed by atoms with Gasteiger partial charge in [-0.3, -0.25) is 14.9 Å². The molecule has 7 nitrogen and oxygen atoms in total. The molecular formula is C11H11ClN2O5S. The molecule has 0 heterocycles. The number of nitro groups is 1. The van der Waals surface area contributed by atoms with E-state index in [-0.39, 0.29) is 21.4 Å². The van der Waals surface area contributed by atoms with Gasteiger partial charge in [0.05, 0.1) is 9.82 Å². The Morgan fingerprint density at radius 2 is 2.20 bits per heavy atom. The normalized spacial score (nSPS) is 11.7. The minimum atomic E-state index is -1.21. The number of carbonyl (C=O) groups is 2. The highest BCUT2D eigenvalue weighted by Gasteiger charge is 2.23. The van der Waals surface area contributed by atoms with Crippen LogP contribution in [0, 0.1) is 10.1 Å². The molecule has 1 aromatic carbocycles. The van der Waals surface area contributed by atoms with Gasteiger partial charge >= 0.3 is 11.7 Å². The number of amides is 1. The summed E-state index contributed by atoms with van der Waals surface area (Å²) in [6.45, 7) is 1.20. The summed E-state index contributed by atoms with van der Waals surface area (Å²) in [5, 5.41) is 22.1. The molecule has 108 valence electrons. The molecule has 0 aliphatic carbocycles. The number of hydrogen-bond acceptors (Lipinski definition) is 5. The average molecular weight is 319 g/mol. The van der Waals surface area contributed by atoms with Crippen molar-refractivity contribution in [3.05, 3.63) is 33.3 Å². The minimum absolute atomic E-state index is 0.0218. The second-order valence-corrected chi connectivity index (χ2v) is 5.22. The molecule has 1 aromatic rings. The summed E-state index contributed by atoms with van der Waals surface area (Å²) in [4.78, 5) is 32.4. The summed E-state index contributed by atoms with van der Waals surface area (Å²) in [5.41, 5.74) is -0.272. The number of para-hydroxylation sites is 1. The Bertz CT molecular complexity index is 552. The van der Waals surface area contributed by atoms with Gasteiger partial charge in [-0.05, 0) is 12.1 Å². The first-order chi connectivity index (χ1) is 9.32. The van der Waals surface area contributed by atoms with Crippen molar-refractivity contribution in [3.8, 4) is 0 Å². The number of thioether (sulfide) groups is 1. The van der Waals surface area contributed by atoms with Crippen LogP contribution >= 0.6 is 23.4 Å². The number of nitrogens with zero attached hydrogens (tertiary/aromatic N) is 1. The van der Waals surface area contributed by atoms with Gasteiger partial charge in [0.15, 0.2) is 0 Å². The quantitative estimate of drug-likeness (QED) is 0.471. The van der Waals surface area contributed by atoms with Gasteiger partial charge in [0, 0.05) is 12.7 Å². The topological polar surface area (TPSA) is 110 Å². The summed E-state index contributed by atoms with van der Waals surface area (Å²) < 4.78 is 0. The highest BCUT2D eigenvalue weighted by Crippen LogP contribution is 2.35. The van der Waals surface area contributed by atoms with E-state index < -0.39 is 22.8 Å². The van der Waals surface area contributed by atoms with Crippen LogP contribution in [0.25, 0.3) is 0 Å². The lowest BCUT2D eigenvalue weighted by molar-refractivity contribution is -0.387. The SMILES string of the molecule is CC(=O)NC(CSc1cccc(Cl)c1[N+](=O)[O-])C(=O)O. The van der Waals surface area contributed by atoms with Gasteiger partial charge in [0.25, 0.3) is 0 Å². The lowest BCUT2D eigenvalue weighted by atomic mass is 10.3. The lowest BCUT2D eigenvalue weighted by Gasteiger charge is -2.12. The number of carbonyl (C=O) groups excluding carboxylic acids is 1. The van der Waals surface area contributed by atoms with Crippen molar-refractivity contribution in [3.63, 3.8) is 0 Å². The third kappa shape index (κ3) is 4.39. The molecule has 0 saturated carbocycles. The van der Waals surface area contributed by atoms with E-state index in [1.807, 2.05) is 0 Å². The van der Waals surface area contributed by atoms with Crippen LogP contribution in [0.4, 0.5) is 5.69 Å². The third-order valence-electron chi connectivity index (χ3n) is 2.21. The number of rotatable bonds is 6. The second-order valence-electron chi connectivity index (χ2n) is 3.75. The second kappa shape index (κ2) is 7.11. The first-order valence-electron chi connectivity index (χ1n) is 5.38. The Labute approximate surface area is 123 Å². The minimum Gasteiger partial charge on any atom is -0.480 e. The van der Waals surface area contributed by atoms with Gasteiger partial charge in [0.1, 0.15) is 11.1 Å². The van der Waals surface area contributed by atoms with Crippen molar-refractivity contribution < 1.29 is 19.6 Å². The largest absolute Gasteiger partial charge is 0.480 e. The standard InChI is InChI=1S/C11H11ClN2O5S/c1-6(15)13-8(11(16)17)5-20-9-4-2-3-7(12)10(9)14(18)19/h2-4,8H,5H2,1H3,(H,13,15)(H,16,17). The van der Waals surface area contributed by atoms with Crippen LogP contribution in [0.5, 0.6) is 0 Å². The fraction of sp³-hybridized carbons (Fsp3) is 0.273. The molecule has 1 atom stereocenters. The van der Waals surface area contributed by atoms with E-state index in [1.54, 1.807) is 0 Å². The predicted octanol–water partition coefficient (Wildman–Crippen LogP) is 1.93. The zero-order valence-electron chi connectivity index (χ0n) is 10.3. The fourth-order valence-electron chi connectivity index (χ4n) is 1.38. The van der Waals surface area contributed by atoms with E-state index in [0.29, 0.717) is 0 Å². The predicted molar refractivity (Wildman–Crippen MR) is 74.1 cm³/mol. The summed E-state index contributed by atoms with van der Waals surface area (Å²) in [5.74, 6) is -1.74. The van der Waals surface area contributed by atoms with Crippen LogP contribution in [-0.2, 0) is 9.59 Å². The van der Waals surface area contributed by atoms with Gasteiger partial charge in [-0.1, -0.05) is 17.7 Å². The smallest absolute Gasteiger partial charge is 0.327 e. The van der Waals surface area contributed by atoms with E-state index >= 15 is 0 Å². The number of carboxylic acid groups (broad SMARTS) is 1. The molecule has 9 heteroatoms. The number of halogens is 1. The Kier molecular flexibility index (Phi) is 5.78. The number of aliphatic carboxylic acids is 1. The number of carboxylic acids is 1. The van der Waals surface area contributed by atoms with Gasteiger partial charge in [0.2, 0.25) is 5.91 Å². The Balaban J connectivity index is 2.88. The molecule has 0 bridgehead atoms. The maximum absolute atomic E-state index is 11.0. The number of nitrogens with one attached hydrogen (secondary N) is 1. The van der Waals surface area contributed by atoms with Crippen molar-refractivity contribution in [1.29, 1.82) is 0 Å². The van der Waals surface area contributed by atoms with Gasteiger partial charge in [-0.25, -0.2) is 4.79 Å². The molecule has 20 heavy (non-hydrogen) atoms. The van der Waals surface area contributed by atoms with Crippen LogP contribution in [0.15, 0.2) is 23.1 Å². The first kappa shape index (κ1) is 16.3. The van der Waals surface area contributed by atoms with Crippen molar-refractivity contribution >= 4 is 40.9 Å². The van der Waals surface area contributed by atoms with Crippen molar-refractivity contribution in [1.82, 2.24) is 5.32 Å². The van der Waals surface area contributed by atoms with E-state index in [1.165, 1.54) is 25.1 Å². The lowest BCUT2D eigenvalue weighted by Crippen LogP contribution is -2.41. The zero-order chi connectivity index (χ0) is 15.3. The molecule has 1 unspecified atom stereocenters. The fourth-order valence-corrected chi connectivity index (χ4v) is 2.75. The van der Waals surface area contributed by atoms with Gasteiger partial charge in [-0.2, -0.15) is 0 Å². The molecule has 0 spiro atoms. The molecule has 0 aromatic heterocycles. The third-order valence-corrected chi connectivity index (χ3v) is 3.66. The summed E-state index contributed by atoms with van der Waals surface area (Å²) >= 11 is 6.69. The maximum Gasteiger partial charge on any atom is 0.327 e. The summed E-state index contributed by atoms with van der Waals surface area (Å²) in [6, 6.07) is 3.26. The number of benzene rings is 1. The Hall–Kier alpha value is -1.80.